The summed E-state index contributed by atoms with van der Waals surface area (Å²) >= 11 is 0. The zero-order valence-electron chi connectivity index (χ0n) is 10.8. The highest BCUT2D eigenvalue weighted by molar-refractivity contribution is 5.94. The van der Waals surface area contributed by atoms with Crippen molar-refractivity contribution in [2.45, 2.75) is 6.42 Å². The van der Waals surface area contributed by atoms with Gasteiger partial charge in [0.25, 0.3) is 5.91 Å². The molecule has 0 radical (unpaired) electrons. The number of carbonyl (C=O) groups excluding carboxylic acids is 1. The van der Waals surface area contributed by atoms with E-state index in [-0.39, 0.29) is 18.4 Å². The maximum absolute atomic E-state index is 12.3. The monoisotopic (exact) mass is 258 g/mol. The number of nitrogens with two attached hydrogens (primary N) is 1. The molecule has 2 rings (SSSR count). The smallest absolute Gasteiger partial charge is 0.253 e. The molecule has 100 valence electrons. The summed E-state index contributed by atoms with van der Waals surface area (Å²) in [5.74, 6) is 5.92. The molecular formula is C15H18N2O2. The van der Waals surface area contributed by atoms with Crippen molar-refractivity contribution >= 4 is 5.91 Å². The van der Waals surface area contributed by atoms with Gasteiger partial charge in [-0.3, -0.25) is 4.79 Å². The number of nitrogens with zero attached hydrogens (tertiary/aromatic N) is 1. The third kappa shape index (κ3) is 3.34. The van der Waals surface area contributed by atoms with Crippen molar-refractivity contribution in [2.75, 3.05) is 26.2 Å². The van der Waals surface area contributed by atoms with Gasteiger partial charge < -0.3 is 15.7 Å². The Morgan fingerprint density at radius 2 is 2.37 bits per heavy atom. The van der Waals surface area contributed by atoms with Crippen molar-refractivity contribution in [3.05, 3.63) is 35.4 Å². The Morgan fingerprint density at radius 3 is 3.05 bits per heavy atom. The first kappa shape index (κ1) is 13.6. The minimum atomic E-state index is 0.00680. The summed E-state index contributed by atoms with van der Waals surface area (Å²) in [5, 5.41) is 9.11. The summed E-state index contributed by atoms with van der Waals surface area (Å²) in [7, 11) is 0. The van der Waals surface area contributed by atoms with Crippen molar-refractivity contribution in [1.29, 1.82) is 0 Å². The van der Waals surface area contributed by atoms with E-state index in [0.717, 1.165) is 12.0 Å². The summed E-state index contributed by atoms with van der Waals surface area (Å²) in [6.45, 7) is 1.80. The third-order valence-electron chi connectivity index (χ3n) is 3.28. The molecule has 1 aliphatic rings. The molecule has 0 saturated carbocycles. The van der Waals surface area contributed by atoms with Gasteiger partial charge in [0.1, 0.15) is 0 Å². The second-order valence-electron chi connectivity index (χ2n) is 4.68. The number of likely N-dealkylation sites (tertiary alicyclic amines) is 1. The summed E-state index contributed by atoms with van der Waals surface area (Å²) < 4.78 is 0. The van der Waals surface area contributed by atoms with Crippen LogP contribution in [0.3, 0.4) is 0 Å². The molecule has 1 aliphatic heterocycles. The minimum absolute atomic E-state index is 0.00680. The number of amides is 1. The fourth-order valence-corrected chi connectivity index (χ4v) is 2.23. The topological polar surface area (TPSA) is 66.6 Å². The van der Waals surface area contributed by atoms with E-state index in [1.807, 2.05) is 12.1 Å². The van der Waals surface area contributed by atoms with Gasteiger partial charge in [-0.2, -0.15) is 0 Å². The average Bonchev–Trinajstić information content (AvgIpc) is 2.93. The second kappa shape index (κ2) is 6.37. The zero-order valence-corrected chi connectivity index (χ0v) is 10.8. The van der Waals surface area contributed by atoms with Gasteiger partial charge in [0.15, 0.2) is 0 Å². The van der Waals surface area contributed by atoms with Crippen LogP contribution in [0.2, 0.25) is 0 Å². The maximum Gasteiger partial charge on any atom is 0.253 e. The first-order chi connectivity index (χ1) is 9.24. The van der Waals surface area contributed by atoms with Crippen molar-refractivity contribution in [3.8, 4) is 11.8 Å². The molecule has 19 heavy (non-hydrogen) atoms. The SMILES string of the molecule is NCC#Cc1cccc(C(=O)N2CCC(CO)C2)c1. The number of hydrogen-bond donors (Lipinski definition) is 2. The van der Waals surface area contributed by atoms with Crippen molar-refractivity contribution in [1.82, 2.24) is 4.90 Å². The number of rotatable bonds is 2. The Hall–Kier alpha value is -1.83. The molecule has 4 nitrogen and oxygen atoms in total. The molecule has 1 fully saturated rings. The van der Waals surface area contributed by atoms with Gasteiger partial charge in [-0.15, -0.1) is 0 Å². The molecule has 4 heteroatoms. The van der Waals surface area contributed by atoms with Gasteiger partial charge in [0.2, 0.25) is 0 Å². The average molecular weight is 258 g/mol. The lowest BCUT2D eigenvalue weighted by Crippen LogP contribution is -2.29. The Morgan fingerprint density at radius 1 is 1.53 bits per heavy atom. The number of carbonyl (C=O) groups is 1. The summed E-state index contributed by atoms with van der Waals surface area (Å²) in [6.07, 6.45) is 0.870. The van der Waals surface area contributed by atoms with Gasteiger partial charge in [-0.05, 0) is 24.6 Å². The van der Waals surface area contributed by atoms with E-state index in [4.69, 9.17) is 10.8 Å². The van der Waals surface area contributed by atoms with Crippen LogP contribution in [0.15, 0.2) is 24.3 Å². The molecule has 1 aromatic carbocycles. The van der Waals surface area contributed by atoms with Crippen LogP contribution in [-0.2, 0) is 0 Å². The van der Waals surface area contributed by atoms with Crippen LogP contribution in [-0.4, -0.2) is 42.2 Å². The number of hydrogen-bond acceptors (Lipinski definition) is 3. The van der Waals surface area contributed by atoms with Crippen molar-refractivity contribution in [2.24, 2.45) is 11.7 Å². The van der Waals surface area contributed by atoms with Gasteiger partial charge in [-0.25, -0.2) is 0 Å². The van der Waals surface area contributed by atoms with E-state index in [1.54, 1.807) is 17.0 Å². The third-order valence-corrected chi connectivity index (χ3v) is 3.28. The molecule has 0 aliphatic carbocycles. The van der Waals surface area contributed by atoms with Gasteiger partial charge in [0.05, 0.1) is 6.54 Å². The van der Waals surface area contributed by atoms with E-state index in [2.05, 4.69) is 11.8 Å². The van der Waals surface area contributed by atoms with Crippen LogP contribution < -0.4 is 5.73 Å². The molecule has 1 heterocycles. The molecule has 1 atom stereocenters. The van der Waals surface area contributed by atoms with E-state index in [1.165, 1.54) is 0 Å². The maximum atomic E-state index is 12.3. The van der Waals surface area contributed by atoms with Crippen LogP contribution in [0.4, 0.5) is 0 Å². The quantitative estimate of drug-likeness (QED) is 0.757. The van der Waals surface area contributed by atoms with Crippen LogP contribution in [0, 0.1) is 17.8 Å². The molecule has 0 aromatic heterocycles. The molecule has 1 aromatic rings. The molecule has 1 unspecified atom stereocenters. The molecule has 1 saturated heterocycles. The number of aliphatic hydroxyl groups is 1. The van der Waals surface area contributed by atoms with Gasteiger partial charge in [-0.1, -0.05) is 17.9 Å². The summed E-state index contributed by atoms with van der Waals surface area (Å²) in [6, 6.07) is 7.27. The first-order valence-electron chi connectivity index (χ1n) is 6.43. The number of aliphatic hydroxyl groups excluding tert-OH is 1. The Bertz CT molecular complexity index is 516. The molecule has 1 amide bonds. The Labute approximate surface area is 113 Å². The van der Waals surface area contributed by atoms with Crippen LogP contribution in [0.25, 0.3) is 0 Å². The minimum Gasteiger partial charge on any atom is -0.396 e. The lowest BCUT2D eigenvalue weighted by atomic mass is 10.1. The lowest BCUT2D eigenvalue weighted by molar-refractivity contribution is 0.0782. The fourth-order valence-electron chi connectivity index (χ4n) is 2.23. The molecule has 3 N–H and O–H groups in total. The highest BCUT2D eigenvalue weighted by atomic mass is 16.3. The predicted octanol–water partition coefficient (Wildman–Crippen LogP) is 0.451. The van der Waals surface area contributed by atoms with E-state index in [0.29, 0.717) is 25.2 Å². The Balaban J connectivity index is 2.11. The lowest BCUT2D eigenvalue weighted by Gasteiger charge is -2.16. The molecular weight excluding hydrogens is 240 g/mol. The van der Waals surface area contributed by atoms with Gasteiger partial charge >= 0.3 is 0 Å². The highest BCUT2D eigenvalue weighted by Gasteiger charge is 2.26. The molecule has 0 bridgehead atoms. The molecule has 0 spiro atoms. The van der Waals surface area contributed by atoms with Gasteiger partial charge in [0, 0.05) is 36.7 Å². The summed E-state index contributed by atoms with van der Waals surface area (Å²) in [5.41, 5.74) is 6.77. The highest BCUT2D eigenvalue weighted by Crippen LogP contribution is 2.18. The van der Waals surface area contributed by atoms with Crippen molar-refractivity contribution in [3.63, 3.8) is 0 Å². The fraction of sp³-hybridized carbons (Fsp3) is 0.400. The second-order valence-corrected chi connectivity index (χ2v) is 4.68. The summed E-state index contributed by atoms with van der Waals surface area (Å²) in [4.78, 5) is 14.1. The standard InChI is InChI=1S/C15H18N2O2/c16-7-2-4-12-3-1-5-14(9-12)15(19)17-8-6-13(10-17)11-18/h1,3,5,9,13,18H,6-8,10-11,16H2. The largest absolute Gasteiger partial charge is 0.396 e. The normalized spacial score (nSPS) is 18.0. The van der Waals surface area contributed by atoms with E-state index < -0.39 is 0 Å². The van der Waals surface area contributed by atoms with Crippen LogP contribution in [0.5, 0.6) is 0 Å². The van der Waals surface area contributed by atoms with Crippen LogP contribution >= 0.6 is 0 Å². The zero-order chi connectivity index (χ0) is 13.7. The van der Waals surface area contributed by atoms with E-state index in [9.17, 15) is 4.79 Å². The predicted molar refractivity (Wildman–Crippen MR) is 73.5 cm³/mol. The Kier molecular flexibility index (Phi) is 4.56. The number of benzene rings is 1. The van der Waals surface area contributed by atoms with Crippen LogP contribution in [0.1, 0.15) is 22.3 Å². The van der Waals surface area contributed by atoms with E-state index >= 15 is 0 Å². The van der Waals surface area contributed by atoms with Crippen molar-refractivity contribution < 1.29 is 9.90 Å². The first-order valence-corrected chi connectivity index (χ1v) is 6.43.